The number of halogens is 1. The van der Waals surface area contributed by atoms with Gasteiger partial charge in [-0.25, -0.2) is 19.3 Å². The van der Waals surface area contributed by atoms with Gasteiger partial charge in [0.1, 0.15) is 34.1 Å². The highest BCUT2D eigenvalue weighted by atomic mass is 32.1. The molecule has 0 radical (unpaired) electrons. The zero-order valence-corrected chi connectivity index (χ0v) is 21.9. The summed E-state index contributed by atoms with van der Waals surface area (Å²) in [5, 5.41) is 23.7. The standard InChI is InChI=1S/C29H24FN7OS/c1-16-15-39-29(34-16)24-8-23-27(19(9-31)11-33-28(23)35-24)17-2-5-26(32-10-17)36-13-21-7-22(14-36)37(21)12-18-6-20(30)3-4-25(18)38/h2-6,8,10-11,15,21-22,38H,7,12-14H2,1H3,(H,33,35). The molecule has 3 aliphatic heterocycles. The second-order valence-electron chi connectivity index (χ2n) is 10.2. The Morgan fingerprint density at radius 2 is 2.00 bits per heavy atom. The average Bonchev–Trinajstić information content (AvgIpc) is 3.59. The number of aromatic nitrogens is 4. The van der Waals surface area contributed by atoms with E-state index in [4.69, 9.17) is 4.98 Å². The highest BCUT2D eigenvalue weighted by Crippen LogP contribution is 2.38. The van der Waals surface area contributed by atoms with Gasteiger partial charge in [0.05, 0.1) is 11.3 Å². The topological polar surface area (TPSA) is 105 Å². The maximum atomic E-state index is 13.7. The van der Waals surface area contributed by atoms with E-state index in [9.17, 15) is 14.8 Å². The van der Waals surface area contributed by atoms with Crippen LogP contribution < -0.4 is 4.90 Å². The molecule has 3 fully saturated rings. The molecule has 0 aliphatic carbocycles. The Balaban J connectivity index is 1.13. The summed E-state index contributed by atoms with van der Waals surface area (Å²) in [4.78, 5) is 21.8. The molecule has 2 atom stereocenters. The fourth-order valence-corrected chi connectivity index (χ4v) is 6.56. The maximum Gasteiger partial charge on any atom is 0.139 e. The summed E-state index contributed by atoms with van der Waals surface area (Å²) in [5.74, 6) is 0.687. The predicted octanol–water partition coefficient (Wildman–Crippen LogP) is 5.24. The number of phenolic OH excluding ortho intramolecular Hbond substituents is 1. The van der Waals surface area contributed by atoms with E-state index < -0.39 is 0 Å². The second kappa shape index (κ2) is 9.15. The summed E-state index contributed by atoms with van der Waals surface area (Å²) in [6.07, 6.45) is 4.51. The van der Waals surface area contributed by atoms with E-state index >= 15 is 0 Å². The van der Waals surface area contributed by atoms with Crippen molar-refractivity contribution in [2.75, 3.05) is 18.0 Å². The largest absolute Gasteiger partial charge is 0.508 e. The number of piperidine rings is 1. The van der Waals surface area contributed by atoms with Crippen LogP contribution in [-0.4, -0.2) is 55.1 Å². The average molecular weight is 538 g/mol. The van der Waals surface area contributed by atoms with Crippen LogP contribution in [-0.2, 0) is 6.54 Å². The number of nitrogens with zero attached hydrogens (tertiary/aromatic N) is 6. The number of hydrogen-bond acceptors (Lipinski definition) is 8. The Morgan fingerprint density at radius 3 is 2.72 bits per heavy atom. The van der Waals surface area contributed by atoms with Crippen LogP contribution in [0.3, 0.4) is 0 Å². The van der Waals surface area contributed by atoms with Crippen molar-refractivity contribution < 1.29 is 9.50 Å². The van der Waals surface area contributed by atoms with E-state index in [1.54, 1.807) is 17.5 Å². The smallest absolute Gasteiger partial charge is 0.139 e. The van der Waals surface area contributed by atoms with Crippen LogP contribution in [0.5, 0.6) is 5.75 Å². The van der Waals surface area contributed by atoms with E-state index in [0.29, 0.717) is 35.4 Å². The number of pyridine rings is 2. The molecule has 2 bridgehead atoms. The first-order chi connectivity index (χ1) is 19.0. The zero-order chi connectivity index (χ0) is 26.7. The van der Waals surface area contributed by atoms with Crippen molar-refractivity contribution in [1.29, 1.82) is 5.26 Å². The zero-order valence-electron chi connectivity index (χ0n) is 21.1. The van der Waals surface area contributed by atoms with Gasteiger partial charge in [0.2, 0.25) is 0 Å². The van der Waals surface area contributed by atoms with Gasteiger partial charge in [-0.05, 0) is 49.7 Å². The first-order valence-electron chi connectivity index (χ1n) is 12.8. The number of fused-ring (bicyclic) bond motifs is 3. The minimum atomic E-state index is -0.334. The Labute approximate surface area is 228 Å². The number of benzene rings is 1. The molecule has 8 nitrogen and oxygen atoms in total. The van der Waals surface area contributed by atoms with Crippen LogP contribution in [0.15, 0.2) is 54.2 Å². The summed E-state index contributed by atoms with van der Waals surface area (Å²) < 4.78 is 13.7. The van der Waals surface area contributed by atoms with Gasteiger partial charge in [-0.15, -0.1) is 11.3 Å². The quantitative estimate of drug-likeness (QED) is 0.316. The molecular formula is C29H24FN7OS. The molecule has 4 aromatic heterocycles. The van der Waals surface area contributed by atoms with Crippen molar-refractivity contribution in [2.45, 2.75) is 32.0 Å². The Bertz CT molecular complexity index is 1740. The second-order valence-corrected chi connectivity index (χ2v) is 11.1. The molecule has 0 spiro atoms. The van der Waals surface area contributed by atoms with Gasteiger partial charge < -0.3 is 15.0 Å². The van der Waals surface area contributed by atoms with Gasteiger partial charge in [-0.1, -0.05) is 0 Å². The fraction of sp³-hybridized carbons (Fsp3) is 0.241. The van der Waals surface area contributed by atoms with Crippen LogP contribution in [0, 0.1) is 24.1 Å². The van der Waals surface area contributed by atoms with Crippen molar-refractivity contribution in [1.82, 2.24) is 24.8 Å². The summed E-state index contributed by atoms with van der Waals surface area (Å²) in [6, 6.07) is 13.1. The molecule has 2 unspecified atom stereocenters. The van der Waals surface area contributed by atoms with Crippen LogP contribution >= 0.6 is 11.3 Å². The van der Waals surface area contributed by atoms with Crippen molar-refractivity contribution in [3.8, 4) is 33.6 Å². The van der Waals surface area contributed by atoms with Crippen molar-refractivity contribution in [3.05, 3.63) is 76.8 Å². The molecule has 5 aromatic rings. The number of aromatic amines is 1. The monoisotopic (exact) mass is 537 g/mol. The summed E-state index contributed by atoms with van der Waals surface area (Å²) >= 11 is 1.57. The number of piperazine rings is 1. The molecule has 2 N–H and O–H groups in total. The first kappa shape index (κ1) is 23.8. The van der Waals surface area contributed by atoms with E-state index in [2.05, 4.69) is 30.8 Å². The molecule has 7 heterocycles. The number of aryl methyl sites for hydroxylation is 1. The van der Waals surface area contributed by atoms with Gasteiger partial charge in [0.25, 0.3) is 0 Å². The Kier molecular flexibility index (Phi) is 5.58. The number of H-pyrrole nitrogens is 1. The van der Waals surface area contributed by atoms with E-state index in [1.807, 2.05) is 36.7 Å². The van der Waals surface area contributed by atoms with Crippen LogP contribution in [0.25, 0.3) is 32.9 Å². The Morgan fingerprint density at radius 1 is 1.15 bits per heavy atom. The number of thiazole rings is 1. The number of nitrogens with one attached hydrogen (secondary N) is 1. The van der Waals surface area contributed by atoms with E-state index in [1.165, 1.54) is 18.2 Å². The molecule has 10 heteroatoms. The number of nitriles is 1. The Hall–Kier alpha value is -4.33. The molecule has 0 amide bonds. The highest BCUT2D eigenvalue weighted by Gasteiger charge is 2.44. The van der Waals surface area contributed by atoms with Crippen LogP contribution in [0.4, 0.5) is 10.2 Å². The molecule has 39 heavy (non-hydrogen) atoms. The van der Waals surface area contributed by atoms with Crippen molar-refractivity contribution in [3.63, 3.8) is 0 Å². The fourth-order valence-electron chi connectivity index (χ4n) is 5.79. The minimum absolute atomic E-state index is 0.133. The van der Waals surface area contributed by atoms with Crippen molar-refractivity contribution >= 4 is 28.2 Å². The van der Waals surface area contributed by atoms with Gasteiger partial charge >= 0.3 is 0 Å². The number of aromatic hydroxyl groups is 1. The lowest BCUT2D eigenvalue weighted by atomic mass is 9.86. The number of hydrogen-bond donors (Lipinski definition) is 2. The molecule has 194 valence electrons. The lowest BCUT2D eigenvalue weighted by Gasteiger charge is -2.56. The number of phenols is 1. The lowest BCUT2D eigenvalue weighted by Crippen LogP contribution is -2.68. The predicted molar refractivity (Wildman–Crippen MR) is 148 cm³/mol. The SMILES string of the molecule is Cc1csc(-c2cc3c(-c4ccc(N5CC6CC(C5)N6Cc5cc(F)ccc5O)nc4)c(C#N)cnc3[nH]2)n1. The summed E-state index contributed by atoms with van der Waals surface area (Å²) in [6.45, 7) is 4.13. The molecule has 3 aliphatic rings. The summed E-state index contributed by atoms with van der Waals surface area (Å²) in [5.41, 5.74) is 5.32. The molecule has 3 saturated heterocycles. The molecule has 1 aromatic carbocycles. The van der Waals surface area contributed by atoms with Crippen LogP contribution in [0.1, 0.15) is 23.2 Å². The van der Waals surface area contributed by atoms with Crippen LogP contribution in [0.2, 0.25) is 0 Å². The van der Waals surface area contributed by atoms with Gasteiger partial charge in [0, 0.05) is 77.3 Å². The lowest BCUT2D eigenvalue weighted by molar-refractivity contribution is -0.00921. The maximum absolute atomic E-state index is 13.7. The van der Waals surface area contributed by atoms with Gasteiger partial charge in [-0.3, -0.25) is 4.90 Å². The molecule has 8 rings (SSSR count). The first-order valence-corrected chi connectivity index (χ1v) is 13.6. The van der Waals surface area contributed by atoms with Gasteiger partial charge in [0.15, 0.2) is 0 Å². The van der Waals surface area contributed by atoms with Gasteiger partial charge in [-0.2, -0.15) is 5.26 Å². The number of rotatable bonds is 5. The molecular weight excluding hydrogens is 513 g/mol. The van der Waals surface area contributed by atoms with Crippen molar-refractivity contribution in [2.24, 2.45) is 0 Å². The highest BCUT2D eigenvalue weighted by molar-refractivity contribution is 7.13. The third kappa shape index (κ3) is 4.11. The van der Waals surface area contributed by atoms with E-state index in [0.717, 1.165) is 58.2 Å². The molecule has 0 saturated carbocycles. The third-order valence-corrected chi connectivity index (χ3v) is 8.72. The van der Waals surface area contributed by atoms with E-state index in [-0.39, 0.29) is 11.6 Å². The number of anilines is 1. The minimum Gasteiger partial charge on any atom is -0.508 e. The normalized spacial score (nSPS) is 18.7. The third-order valence-electron chi connectivity index (χ3n) is 7.73. The summed E-state index contributed by atoms with van der Waals surface area (Å²) in [7, 11) is 0.